The van der Waals surface area contributed by atoms with Crippen LogP contribution in [0.4, 0.5) is 5.82 Å². The minimum atomic E-state index is 0.257. The zero-order chi connectivity index (χ0) is 13.7. The van der Waals surface area contributed by atoms with E-state index < -0.39 is 0 Å². The lowest BCUT2D eigenvalue weighted by molar-refractivity contribution is 0.184. The van der Waals surface area contributed by atoms with Gasteiger partial charge in [0.1, 0.15) is 5.82 Å². The van der Waals surface area contributed by atoms with Crippen molar-refractivity contribution >= 4 is 17.4 Å². The molecule has 0 unspecified atom stereocenters. The van der Waals surface area contributed by atoms with Gasteiger partial charge in [-0.3, -0.25) is 0 Å². The van der Waals surface area contributed by atoms with E-state index in [1.165, 1.54) is 5.56 Å². The van der Waals surface area contributed by atoms with Crippen LogP contribution in [0, 0.1) is 6.92 Å². The first-order chi connectivity index (χ1) is 9.19. The normalized spacial score (nSPS) is 10.5. The first-order valence-corrected chi connectivity index (χ1v) is 6.37. The SMILES string of the molecule is COCc1ccccc1CNc1cc(C)nc(Cl)n1. The maximum Gasteiger partial charge on any atom is 0.224 e. The van der Waals surface area contributed by atoms with Gasteiger partial charge in [-0.05, 0) is 29.7 Å². The summed E-state index contributed by atoms with van der Waals surface area (Å²) in [6, 6.07) is 10.00. The summed E-state index contributed by atoms with van der Waals surface area (Å²) in [4.78, 5) is 8.17. The highest BCUT2D eigenvalue weighted by Gasteiger charge is 2.03. The van der Waals surface area contributed by atoms with Crippen LogP contribution in [0.2, 0.25) is 5.28 Å². The molecule has 2 rings (SSSR count). The van der Waals surface area contributed by atoms with Gasteiger partial charge in [-0.2, -0.15) is 0 Å². The van der Waals surface area contributed by atoms with Gasteiger partial charge in [0.25, 0.3) is 0 Å². The average molecular weight is 278 g/mol. The standard InChI is InChI=1S/C14H16ClN3O/c1-10-7-13(18-14(15)17-10)16-8-11-5-3-4-6-12(11)9-19-2/h3-7H,8-9H2,1-2H3,(H,16,17,18). The number of benzene rings is 1. The van der Waals surface area contributed by atoms with Gasteiger partial charge in [-0.1, -0.05) is 24.3 Å². The fourth-order valence-electron chi connectivity index (χ4n) is 1.83. The molecule has 0 bridgehead atoms. The predicted octanol–water partition coefficient (Wildman–Crippen LogP) is 3.20. The lowest BCUT2D eigenvalue weighted by Gasteiger charge is -2.10. The van der Waals surface area contributed by atoms with Crippen molar-refractivity contribution in [1.82, 2.24) is 9.97 Å². The highest BCUT2D eigenvalue weighted by molar-refractivity contribution is 6.28. The number of halogens is 1. The van der Waals surface area contributed by atoms with Crippen LogP contribution in [0.25, 0.3) is 0 Å². The number of ether oxygens (including phenoxy) is 1. The van der Waals surface area contributed by atoms with Crippen LogP contribution in [-0.2, 0) is 17.9 Å². The molecule has 1 N–H and O–H groups in total. The molecule has 0 amide bonds. The van der Waals surface area contributed by atoms with Crippen LogP contribution in [0.3, 0.4) is 0 Å². The van der Waals surface area contributed by atoms with E-state index in [-0.39, 0.29) is 5.28 Å². The molecule has 0 aliphatic carbocycles. The van der Waals surface area contributed by atoms with Crippen molar-refractivity contribution in [1.29, 1.82) is 0 Å². The summed E-state index contributed by atoms with van der Waals surface area (Å²) >= 11 is 5.83. The summed E-state index contributed by atoms with van der Waals surface area (Å²) in [7, 11) is 1.69. The van der Waals surface area contributed by atoms with E-state index in [2.05, 4.69) is 27.4 Å². The molecular weight excluding hydrogens is 262 g/mol. The number of nitrogens with one attached hydrogen (secondary N) is 1. The van der Waals surface area contributed by atoms with E-state index >= 15 is 0 Å². The van der Waals surface area contributed by atoms with Crippen molar-refractivity contribution in [3.8, 4) is 0 Å². The lowest BCUT2D eigenvalue weighted by Crippen LogP contribution is -2.05. The summed E-state index contributed by atoms with van der Waals surface area (Å²) in [6.45, 7) is 3.16. The molecule has 0 aliphatic rings. The molecule has 100 valence electrons. The second-order valence-electron chi connectivity index (χ2n) is 4.22. The smallest absolute Gasteiger partial charge is 0.224 e. The van der Waals surface area contributed by atoms with Crippen molar-refractivity contribution in [2.45, 2.75) is 20.1 Å². The Morgan fingerprint density at radius 1 is 1.21 bits per heavy atom. The minimum absolute atomic E-state index is 0.257. The third-order valence-electron chi connectivity index (χ3n) is 2.71. The molecule has 1 aromatic heterocycles. The van der Waals surface area contributed by atoms with Crippen LogP contribution in [0.1, 0.15) is 16.8 Å². The molecule has 1 aromatic carbocycles. The molecule has 0 radical (unpaired) electrons. The summed E-state index contributed by atoms with van der Waals surface area (Å²) in [5.74, 6) is 0.727. The van der Waals surface area contributed by atoms with Gasteiger partial charge in [0.2, 0.25) is 5.28 Å². The fourth-order valence-corrected chi connectivity index (χ4v) is 2.06. The van der Waals surface area contributed by atoms with Gasteiger partial charge in [0, 0.05) is 25.4 Å². The molecule has 0 saturated carbocycles. The fraction of sp³-hybridized carbons (Fsp3) is 0.286. The van der Waals surface area contributed by atoms with Crippen molar-refractivity contribution < 1.29 is 4.74 Å². The number of hydrogen-bond donors (Lipinski definition) is 1. The van der Waals surface area contributed by atoms with E-state index in [9.17, 15) is 0 Å². The van der Waals surface area contributed by atoms with Crippen molar-refractivity contribution in [2.24, 2.45) is 0 Å². The Hall–Kier alpha value is -1.65. The third kappa shape index (κ3) is 3.91. The van der Waals surface area contributed by atoms with Crippen LogP contribution in [0.15, 0.2) is 30.3 Å². The maximum atomic E-state index is 5.83. The maximum absolute atomic E-state index is 5.83. The number of methoxy groups -OCH3 is 1. The first kappa shape index (κ1) is 13.8. The Morgan fingerprint density at radius 2 is 1.95 bits per heavy atom. The predicted molar refractivity (Wildman–Crippen MR) is 76.3 cm³/mol. The summed E-state index contributed by atoms with van der Waals surface area (Å²) in [5, 5.41) is 3.51. The van der Waals surface area contributed by atoms with Gasteiger partial charge in [-0.25, -0.2) is 9.97 Å². The van der Waals surface area contributed by atoms with Crippen LogP contribution in [-0.4, -0.2) is 17.1 Å². The molecule has 0 atom stereocenters. The lowest BCUT2D eigenvalue weighted by atomic mass is 10.1. The summed E-state index contributed by atoms with van der Waals surface area (Å²) in [5.41, 5.74) is 3.18. The van der Waals surface area contributed by atoms with Crippen LogP contribution >= 0.6 is 11.6 Å². The van der Waals surface area contributed by atoms with Gasteiger partial charge < -0.3 is 10.1 Å². The highest BCUT2D eigenvalue weighted by atomic mass is 35.5. The third-order valence-corrected chi connectivity index (χ3v) is 2.87. The number of nitrogens with zero attached hydrogens (tertiary/aromatic N) is 2. The van der Waals surface area contributed by atoms with E-state index in [1.54, 1.807) is 7.11 Å². The molecule has 0 aliphatic heterocycles. The van der Waals surface area contributed by atoms with E-state index in [0.29, 0.717) is 13.2 Å². The van der Waals surface area contributed by atoms with Gasteiger partial charge in [0.15, 0.2) is 0 Å². The number of anilines is 1. The van der Waals surface area contributed by atoms with Gasteiger partial charge >= 0.3 is 0 Å². The second kappa shape index (κ2) is 6.50. The Labute approximate surface area is 117 Å². The van der Waals surface area contributed by atoms with Crippen molar-refractivity contribution in [3.63, 3.8) is 0 Å². The van der Waals surface area contributed by atoms with E-state index in [4.69, 9.17) is 16.3 Å². The van der Waals surface area contributed by atoms with Crippen molar-refractivity contribution in [3.05, 3.63) is 52.4 Å². The Bertz CT molecular complexity index is 540. The zero-order valence-electron chi connectivity index (χ0n) is 11.0. The summed E-state index contributed by atoms with van der Waals surface area (Å²) < 4.78 is 5.18. The van der Waals surface area contributed by atoms with E-state index in [1.807, 2.05) is 25.1 Å². The topological polar surface area (TPSA) is 47.0 Å². The zero-order valence-corrected chi connectivity index (χ0v) is 11.7. The number of aryl methyl sites for hydroxylation is 1. The largest absolute Gasteiger partial charge is 0.380 e. The Morgan fingerprint density at radius 3 is 2.63 bits per heavy atom. The van der Waals surface area contributed by atoms with Crippen LogP contribution in [0.5, 0.6) is 0 Å². The average Bonchev–Trinajstić information content (AvgIpc) is 2.37. The molecule has 0 saturated heterocycles. The number of rotatable bonds is 5. The highest BCUT2D eigenvalue weighted by Crippen LogP contribution is 2.14. The molecular formula is C14H16ClN3O. The molecule has 2 aromatic rings. The van der Waals surface area contributed by atoms with Crippen LogP contribution < -0.4 is 5.32 Å². The molecule has 4 nitrogen and oxygen atoms in total. The van der Waals surface area contributed by atoms with Gasteiger partial charge in [-0.15, -0.1) is 0 Å². The monoisotopic (exact) mass is 277 g/mol. The molecule has 5 heteroatoms. The second-order valence-corrected chi connectivity index (χ2v) is 4.56. The molecule has 1 heterocycles. The van der Waals surface area contributed by atoms with Gasteiger partial charge in [0.05, 0.1) is 6.61 Å². The Kier molecular flexibility index (Phi) is 4.71. The quantitative estimate of drug-likeness (QED) is 0.853. The molecule has 0 fully saturated rings. The summed E-state index contributed by atoms with van der Waals surface area (Å²) in [6.07, 6.45) is 0. The molecule has 0 spiro atoms. The minimum Gasteiger partial charge on any atom is -0.380 e. The van der Waals surface area contributed by atoms with E-state index in [0.717, 1.165) is 17.1 Å². The van der Waals surface area contributed by atoms with Crippen molar-refractivity contribution in [2.75, 3.05) is 12.4 Å². The first-order valence-electron chi connectivity index (χ1n) is 6.00. The number of hydrogen-bond acceptors (Lipinski definition) is 4. The molecule has 19 heavy (non-hydrogen) atoms. The Balaban J connectivity index is 2.09. The number of aromatic nitrogens is 2.